The van der Waals surface area contributed by atoms with Gasteiger partial charge in [0.25, 0.3) is 0 Å². The van der Waals surface area contributed by atoms with Gasteiger partial charge in [-0.3, -0.25) is 9.59 Å². The second-order valence-corrected chi connectivity index (χ2v) is 7.85. The number of methoxy groups -OCH3 is 2. The van der Waals surface area contributed by atoms with Gasteiger partial charge in [0.05, 0.1) is 27.1 Å². The summed E-state index contributed by atoms with van der Waals surface area (Å²) in [5, 5.41) is 7.71. The molecule has 0 aliphatic rings. The second-order valence-electron chi connectivity index (χ2n) is 7.85. The molecule has 6 heteroatoms. The summed E-state index contributed by atoms with van der Waals surface area (Å²) in [5.74, 6) is 1.26. The number of ether oxygens (including phenoxy) is 2. The quantitative estimate of drug-likeness (QED) is 0.383. The molecule has 0 aromatic heterocycles. The summed E-state index contributed by atoms with van der Waals surface area (Å²) in [5.41, 5.74) is 3.18. The third-order valence-electron chi connectivity index (χ3n) is 5.52. The number of anilines is 2. The zero-order chi connectivity index (χ0) is 23.9. The van der Waals surface area contributed by atoms with Crippen LogP contribution in [0.4, 0.5) is 11.4 Å². The van der Waals surface area contributed by atoms with Crippen molar-refractivity contribution in [1.82, 2.24) is 0 Å². The van der Waals surface area contributed by atoms with Crippen LogP contribution in [0.2, 0.25) is 0 Å². The number of fused-ring (bicyclic) bond motifs is 1. The molecule has 0 radical (unpaired) electrons. The van der Waals surface area contributed by atoms with Gasteiger partial charge in [0, 0.05) is 22.1 Å². The fraction of sp³-hybridized carbons (Fsp3) is 0.143. The van der Waals surface area contributed by atoms with E-state index in [2.05, 4.69) is 10.6 Å². The average molecular weight is 455 g/mol. The van der Waals surface area contributed by atoms with Gasteiger partial charge in [0.2, 0.25) is 11.8 Å². The molecule has 34 heavy (non-hydrogen) atoms. The lowest BCUT2D eigenvalue weighted by Crippen LogP contribution is -2.16. The van der Waals surface area contributed by atoms with E-state index >= 15 is 0 Å². The van der Waals surface area contributed by atoms with Crippen LogP contribution in [-0.4, -0.2) is 26.0 Å². The van der Waals surface area contributed by atoms with Crippen molar-refractivity contribution in [1.29, 1.82) is 0 Å². The smallest absolute Gasteiger partial charge is 0.228 e. The topological polar surface area (TPSA) is 76.7 Å². The Bertz CT molecular complexity index is 1200. The highest BCUT2D eigenvalue weighted by atomic mass is 16.5. The van der Waals surface area contributed by atoms with Gasteiger partial charge in [0.1, 0.15) is 11.5 Å². The minimum Gasteiger partial charge on any atom is -0.497 e. The van der Waals surface area contributed by atoms with E-state index in [1.807, 2.05) is 84.9 Å². The molecule has 2 N–H and O–H groups in total. The Kier molecular flexibility index (Phi) is 7.08. The molecule has 0 heterocycles. The van der Waals surface area contributed by atoms with E-state index in [1.54, 1.807) is 14.2 Å². The van der Waals surface area contributed by atoms with E-state index in [0.717, 1.165) is 33.4 Å². The van der Waals surface area contributed by atoms with Crippen molar-refractivity contribution in [2.45, 2.75) is 12.8 Å². The van der Waals surface area contributed by atoms with E-state index in [-0.39, 0.29) is 24.7 Å². The lowest BCUT2D eigenvalue weighted by atomic mass is 10.1. The first-order chi connectivity index (χ1) is 16.6. The Labute approximate surface area is 198 Å². The lowest BCUT2D eigenvalue weighted by molar-refractivity contribution is -0.116. The molecule has 2 amide bonds. The van der Waals surface area contributed by atoms with Crippen LogP contribution in [0.5, 0.6) is 11.5 Å². The molecule has 4 aromatic rings. The number of amides is 2. The zero-order valence-corrected chi connectivity index (χ0v) is 19.1. The van der Waals surface area contributed by atoms with Gasteiger partial charge >= 0.3 is 0 Å². The van der Waals surface area contributed by atoms with Crippen molar-refractivity contribution in [3.8, 4) is 11.5 Å². The average Bonchev–Trinajstić information content (AvgIpc) is 2.85. The van der Waals surface area contributed by atoms with Crippen molar-refractivity contribution < 1.29 is 19.1 Å². The molecule has 0 saturated heterocycles. The molecular weight excluding hydrogens is 428 g/mol. The second kappa shape index (κ2) is 10.5. The maximum absolute atomic E-state index is 12.7. The number of hydrogen-bond donors (Lipinski definition) is 2. The predicted molar refractivity (Wildman–Crippen MR) is 135 cm³/mol. The van der Waals surface area contributed by atoms with Crippen LogP contribution in [0, 0.1) is 0 Å². The molecular formula is C28H26N2O4. The lowest BCUT2D eigenvalue weighted by Gasteiger charge is -2.13. The van der Waals surface area contributed by atoms with E-state index in [9.17, 15) is 9.59 Å². The first-order valence-electron chi connectivity index (χ1n) is 10.9. The molecule has 172 valence electrons. The molecule has 4 rings (SSSR count). The molecule has 0 saturated carbocycles. The van der Waals surface area contributed by atoms with Gasteiger partial charge in [-0.05, 0) is 47.5 Å². The highest BCUT2D eigenvalue weighted by molar-refractivity contribution is 6.09. The van der Waals surface area contributed by atoms with Crippen molar-refractivity contribution in [3.63, 3.8) is 0 Å². The van der Waals surface area contributed by atoms with Crippen LogP contribution in [-0.2, 0) is 22.4 Å². The van der Waals surface area contributed by atoms with Crippen LogP contribution < -0.4 is 20.1 Å². The normalized spacial score (nSPS) is 10.5. The van der Waals surface area contributed by atoms with Crippen molar-refractivity contribution >= 4 is 34.0 Å². The molecule has 0 atom stereocenters. The van der Waals surface area contributed by atoms with Gasteiger partial charge in [-0.1, -0.05) is 48.5 Å². The number of carbonyl (C=O) groups excluding carboxylic acids is 2. The molecule has 0 unspecified atom stereocenters. The van der Waals surface area contributed by atoms with Gasteiger partial charge < -0.3 is 20.1 Å². The van der Waals surface area contributed by atoms with Gasteiger partial charge in [-0.15, -0.1) is 0 Å². The van der Waals surface area contributed by atoms with E-state index in [0.29, 0.717) is 11.4 Å². The van der Waals surface area contributed by atoms with Crippen molar-refractivity contribution in [2.75, 3.05) is 24.9 Å². The molecule has 0 spiro atoms. The standard InChI is InChI=1S/C28H26N2O4/c1-33-21-13-9-19(10-14-21)17-27(31)29-25-7-3-6-24-23(25)5-4-8-26(24)30-28(32)18-20-11-15-22(34-2)16-12-20/h3-16H,17-18H2,1-2H3,(H,29,31)(H,30,32). The van der Waals surface area contributed by atoms with Crippen LogP contribution in [0.1, 0.15) is 11.1 Å². The number of benzene rings is 4. The highest BCUT2D eigenvalue weighted by Crippen LogP contribution is 2.29. The maximum atomic E-state index is 12.7. The van der Waals surface area contributed by atoms with Crippen LogP contribution >= 0.6 is 0 Å². The zero-order valence-electron chi connectivity index (χ0n) is 19.1. The van der Waals surface area contributed by atoms with Crippen molar-refractivity contribution in [3.05, 3.63) is 96.1 Å². The largest absolute Gasteiger partial charge is 0.497 e. The monoisotopic (exact) mass is 454 g/mol. The molecule has 0 aliphatic heterocycles. The molecule has 6 nitrogen and oxygen atoms in total. The molecule has 0 bridgehead atoms. The number of rotatable bonds is 8. The van der Waals surface area contributed by atoms with Gasteiger partial charge in [-0.2, -0.15) is 0 Å². The van der Waals surface area contributed by atoms with Crippen molar-refractivity contribution in [2.24, 2.45) is 0 Å². The summed E-state index contributed by atoms with van der Waals surface area (Å²) in [6, 6.07) is 26.1. The van der Waals surface area contributed by atoms with E-state index < -0.39 is 0 Å². The highest BCUT2D eigenvalue weighted by Gasteiger charge is 2.11. The van der Waals surface area contributed by atoms with Crippen LogP contribution in [0.25, 0.3) is 10.8 Å². The Balaban J connectivity index is 1.47. The Morgan fingerprint density at radius 3 is 1.32 bits per heavy atom. The first-order valence-corrected chi connectivity index (χ1v) is 10.9. The summed E-state index contributed by atoms with van der Waals surface area (Å²) in [6.07, 6.45) is 0.497. The van der Waals surface area contributed by atoms with E-state index in [4.69, 9.17) is 9.47 Å². The van der Waals surface area contributed by atoms with Crippen LogP contribution in [0.15, 0.2) is 84.9 Å². The number of nitrogens with one attached hydrogen (secondary N) is 2. The Morgan fingerprint density at radius 1 is 0.588 bits per heavy atom. The summed E-state index contributed by atoms with van der Waals surface area (Å²) < 4.78 is 10.3. The Hall–Kier alpha value is -4.32. The Morgan fingerprint density at radius 2 is 0.971 bits per heavy atom. The fourth-order valence-electron chi connectivity index (χ4n) is 3.77. The third kappa shape index (κ3) is 5.53. The van der Waals surface area contributed by atoms with Crippen LogP contribution in [0.3, 0.4) is 0 Å². The number of carbonyl (C=O) groups is 2. The summed E-state index contributed by atoms with van der Waals surface area (Å²) in [7, 11) is 3.22. The number of hydrogen-bond acceptors (Lipinski definition) is 4. The first kappa shape index (κ1) is 22.9. The fourth-order valence-corrected chi connectivity index (χ4v) is 3.77. The maximum Gasteiger partial charge on any atom is 0.228 e. The van der Waals surface area contributed by atoms with E-state index in [1.165, 1.54) is 0 Å². The molecule has 0 aliphatic carbocycles. The summed E-state index contributed by atoms with van der Waals surface area (Å²) >= 11 is 0. The minimum absolute atomic E-state index is 0.119. The molecule has 0 fully saturated rings. The summed E-state index contributed by atoms with van der Waals surface area (Å²) in [6.45, 7) is 0. The predicted octanol–water partition coefficient (Wildman–Crippen LogP) is 5.22. The third-order valence-corrected chi connectivity index (χ3v) is 5.52. The summed E-state index contributed by atoms with van der Waals surface area (Å²) in [4.78, 5) is 25.3. The molecule has 4 aromatic carbocycles. The SMILES string of the molecule is COc1ccc(CC(=O)Nc2cccc3c(NC(=O)Cc4ccc(OC)cc4)cccc23)cc1. The minimum atomic E-state index is -0.119. The van der Waals surface area contributed by atoms with Gasteiger partial charge in [-0.25, -0.2) is 0 Å². The van der Waals surface area contributed by atoms with Gasteiger partial charge in [0.15, 0.2) is 0 Å².